The van der Waals surface area contributed by atoms with Crippen LogP contribution in [-0.4, -0.2) is 49.2 Å². The van der Waals surface area contributed by atoms with Gasteiger partial charge in [-0.3, -0.25) is 15.0 Å². The number of anilines is 1. The molecule has 1 fully saturated rings. The molecule has 0 aromatic heterocycles. The maximum atomic E-state index is 12.8. The van der Waals surface area contributed by atoms with Gasteiger partial charge in [0.2, 0.25) is 0 Å². The van der Waals surface area contributed by atoms with Gasteiger partial charge in [0.05, 0.1) is 25.0 Å². The van der Waals surface area contributed by atoms with E-state index in [9.17, 15) is 19.2 Å². The van der Waals surface area contributed by atoms with Gasteiger partial charge in [-0.25, -0.2) is 14.6 Å². The molecule has 0 spiro atoms. The Morgan fingerprint density at radius 3 is 2.41 bits per heavy atom. The monoisotopic (exact) mass is 440 g/mol. The Morgan fingerprint density at radius 1 is 1.06 bits per heavy atom. The Balaban J connectivity index is 1.84. The number of nitrogens with zero attached hydrogens (tertiary/aromatic N) is 1. The number of aliphatic carboxylic acids is 1. The van der Waals surface area contributed by atoms with Gasteiger partial charge >= 0.3 is 11.9 Å². The number of hydrogen-bond acceptors (Lipinski definition) is 7. The van der Waals surface area contributed by atoms with Crippen LogP contribution in [0.25, 0.3) is 6.08 Å². The molecule has 2 N–H and O–H groups in total. The van der Waals surface area contributed by atoms with E-state index in [1.54, 1.807) is 19.1 Å². The highest BCUT2D eigenvalue weighted by atomic mass is 16.5. The predicted octanol–water partition coefficient (Wildman–Crippen LogP) is 1.80. The highest BCUT2D eigenvalue weighted by molar-refractivity contribution is 6.31. The summed E-state index contributed by atoms with van der Waals surface area (Å²) in [6, 6.07) is 10.6. The first-order valence-corrected chi connectivity index (χ1v) is 9.51. The zero-order valence-electron chi connectivity index (χ0n) is 17.3. The molecular weight excluding hydrogens is 420 g/mol. The van der Waals surface area contributed by atoms with Crippen molar-refractivity contribution < 1.29 is 38.5 Å². The first-order chi connectivity index (χ1) is 15.3. The third-order valence-corrected chi connectivity index (χ3v) is 4.37. The lowest BCUT2D eigenvalue weighted by Crippen LogP contribution is -2.35. The highest BCUT2D eigenvalue weighted by Crippen LogP contribution is 2.30. The van der Waals surface area contributed by atoms with E-state index in [1.807, 2.05) is 0 Å². The lowest BCUT2D eigenvalue weighted by molar-refractivity contribution is -0.139. The maximum absolute atomic E-state index is 12.8. The van der Waals surface area contributed by atoms with Gasteiger partial charge in [0, 0.05) is 0 Å². The van der Waals surface area contributed by atoms with Crippen LogP contribution in [0.4, 0.5) is 5.69 Å². The van der Waals surface area contributed by atoms with Crippen LogP contribution in [0.1, 0.15) is 22.8 Å². The Kier molecular flexibility index (Phi) is 6.74. The van der Waals surface area contributed by atoms with Crippen molar-refractivity contribution in [1.29, 1.82) is 0 Å². The summed E-state index contributed by atoms with van der Waals surface area (Å²) in [7, 11) is 1.26. The summed E-state index contributed by atoms with van der Waals surface area (Å²) < 4.78 is 15.3. The summed E-state index contributed by atoms with van der Waals surface area (Å²) in [6.07, 6.45) is 1.39. The molecule has 10 nitrogen and oxygen atoms in total. The van der Waals surface area contributed by atoms with Gasteiger partial charge < -0.3 is 19.3 Å². The van der Waals surface area contributed by atoms with Gasteiger partial charge in [-0.15, -0.1) is 0 Å². The van der Waals surface area contributed by atoms with Crippen molar-refractivity contribution >= 4 is 35.5 Å². The van der Waals surface area contributed by atoms with Gasteiger partial charge in [-0.2, -0.15) is 0 Å². The topological polar surface area (TPSA) is 131 Å². The maximum Gasteiger partial charge on any atom is 0.341 e. The normalized spacial score (nSPS) is 14.3. The predicted molar refractivity (Wildman–Crippen MR) is 112 cm³/mol. The molecule has 0 bridgehead atoms. The van der Waals surface area contributed by atoms with Gasteiger partial charge in [0.1, 0.15) is 5.57 Å². The van der Waals surface area contributed by atoms with Gasteiger partial charge in [0.25, 0.3) is 11.8 Å². The van der Waals surface area contributed by atoms with Crippen molar-refractivity contribution in [3.05, 3.63) is 59.2 Å². The molecule has 2 amide bonds. The molecule has 0 atom stereocenters. The molecule has 2 aromatic carbocycles. The summed E-state index contributed by atoms with van der Waals surface area (Å²) in [6.45, 7) is 1.52. The van der Waals surface area contributed by atoms with Crippen molar-refractivity contribution in [2.75, 3.05) is 25.3 Å². The van der Waals surface area contributed by atoms with E-state index in [0.29, 0.717) is 23.4 Å². The molecule has 3 rings (SSSR count). The minimum absolute atomic E-state index is 0.108. The summed E-state index contributed by atoms with van der Waals surface area (Å²) in [5, 5.41) is 9.86. The number of hydrazine groups is 1. The number of carboxylic acid groups (broad SMARTS) is 1. The van der Waals surface area contributed by atoms with Crippen molar-refractivity contribution in [1.82, 2.24) is 5.43 Å². The number of methoxy groups -OCH3 is 1. The molecule has 1 aliphatic heterocycles. The van der Waals surface area contributed by atoms with Crippen molar-refractivity contribution in [2.45, 2.75) is 6.92 Å². The number of carboxylic acids is 1. The van der Waals surface area contributed by atoms with Crippen molar-refractivity contribution in [3.8, 4) is 11.5 Å². The lowest BCUT2D eigenvalue weighted by atomic mass is 10.1. The summed E-state index contributed by atoms with van der Waals surface area (Å²) in [4.78, 5) is 47.5. The van der Waals surface area contributed by atoms with E-state index in [4.69, 9.17) is 14.6 Å². The molecule has 1 saturated heterocycles. The molecule has 166 valence electrons. The highest BCUT2D eigenvalue weighted by Gasteiger charge is 2.34. The van der Waals surface area contributed by atoms with Crippen LogP contribution in [0, 0.1) is 0 Å². The van der Waals surface area contributed by atoms with E-state index in [1.165, 1.54) is 43.5 Å². The molecule has 0 unspecified atom stereocenters. The zero-order chi connectivity index (χ0) is 23.3. The van der Waals surface area contributed by atoms with Gasteiger partial charge in [-0.1, -0.05) is 6.07 Å². The molecule has 1 heterocycles. The summed E-state index contributed by atoms with van der Waals surface area (Å²) in [5.74, 6) is -2.32. The van der Waals surface area contributed by atoms with Crippen molar-refractivity contribution in [3.63, 3.8) is 0 Å². The second-order valence-electron chi connectivity index (χ2n) is 6.50. The molecule has 2 aromatic rings. The number of esters is 1. The van der Waals surface area contributed by atoms with Gasteiger partial charge in [0.15, 0.2) is 18.1 Å². The van der Waals surface area contributed by atoms with Crippen LogP contribution in [0.15, 0.2) is 48.0 Å². The number of amides is 2. The lowest BCUT2D eigenvalue weighted by Gasteiger charge is -2.14. The van der Waals surface area contributed by atoms with Crippen LogP contribution >= 0.6 is 0 Å². The molecule has 0 aliphatic carbocycles. The van der Waals surface area contributed by atoms with Gasteiger partial charge in [-0.05, 0) is 55.0 Å². The standard InChI is InChI=1S/C22H20N2O8/c1-3-31-18-11-13(4-9-17(18)32-12-19(25)26)10-16-20(27)23-24(21(16)28)15-7-5-14(6-8-15)22(29)30-2/h4-11H,3,12H2,1-2H3,(H,23,27)(H,25,26)/b16-10-. The molecule has 32 heavy (non-hydrogen) atoms. The summed E-state index contributed by atoms with van der Waals surface area (Å²) in [5.41, 5.74) is 3.52. The van der Waals surface area contributed by atoms with Crippen LogP contribution in [0.3, 0.4) is 0 Å². The number of carbonyl (C=O) groups excluding carboxylic acids is 3. The third kappa shape index (κ3) is 4.86. The van der Waals surface area contributed by atoms with Crippen molar-refractivity contribution in [2.24, 2.45) is 0 Å². The second-order valence-corrected chi connectivity index (χ2v) is 6.50. The number of hydrogen-bond donors (Lipinski definition) is 2. The average molecular weight is 440 g/mol. The fourth-order valence-electron chi connectivity index (χ4n) is 2.91. The van der Waals surface area contributed by atoms with E-state index in [2.05, 4.69) is 10.2 Å². The number of benzene rings is 2. The smallest absolute Gasteiger partial charge is 0.341 e. The van der Waals surface area contributed by atoms with Crippen LogP contribution in [0.2, 0.25) is 0 Å². The fraction of sp³-hybridized carbons (Fsp3) is 0.182. The Bertz CT molecular complexity index is 1090. The summed E-state index contributed by atoms with van der Waals surface area (Å²) >= 11 is 0. The van der Waals surface area contributed by atoms with Crippen LogP contribution in [-0.2, 0) is 19.1 Å². The van der Waals surface area contributed by atoms with E-state index in [0.717, 1.165) is 5.01 Å². The number of nitrogens with one attached hydrogen (secondary N) is 1. The molecule has 0 saturated carbocycles. The molecular formula is C22H20N2O8. The third-order valence-electron chi connectivity index (χ3n) is 4.37. The van der Waals surface area contributed by atoms with E-state index < -0.39 is 30.4 Å². The quantitative estimate of drug-likeness (QED) is 0.361. The Hall–Kier alpha value is -4.34. The minimum atomic E-state index is -1.13. The number of rotatable bonds is 8. The molecule has 1 aliphatic rings. The fourth-order valence-corrected chi connectivity index (χ4v) is 2.91. The first-order valence-electron chi connectivity index (χ1n) is 9.51. The Morgan fingerprint density at radius 2 is 1.78 bits per heavy atom. The SMILES string of the molecule is CCOc1cc(/C=C2/C(=O)NN(c3ccc(C(=O)OC)cc3)C2=O)ccc1OCC(=O)O. The molecule has 10 heteroatoms. The van der Waals surface area contributed by atoms with E-state index in [-0.39, 0.29) is 17.1 Å². The van der Waals surface area contributed by atoms with E-state index >= 15 is 0 Å². The van der Waals surface area contributed by atoms with Crippen LogP contribution in [0.5, 0.6) is 11.5 Å². The zero-order valence-corrected chi connectivity index (χ0v) is 17.3. The minimum Gasteiger partial charge on any atom is -0.490 e. The second kappa shape index (κ2) is 9.65. The van der Waals surface area contributed by atoms with Crippen LogP contribution < -0.4 is 19.9 Å². The number of ether oxygens (including phenoxy) is 3. The number of carbonyl (C=O) groups is 4. The molecule has 0 radical (unpaired) electrons. The largest absolute Gasteiger partial charge is 0.490 e. The average Bonchev–Trinajstić information content (AvgIpc) is 3.06. The first kappa shape index (κ1) is 22.3. The Labute approximate surface area is 183 Å².